The first-order valence-electron chi connectivity index (χ1n) is 5.93. The average molecular weight is 315 g/mol. The molecule has 1 aromatic rings. The Labute approximate surface area is 116 Å². The molecule has 5 heteroatoms. The molecule has 0 saturated heterocycles. The number of carbonyl (C=O) groups excluding carboxylic acids is 1. The van der Waals surface area contributed by atoms with Crippen LogP contribution in [0.3, 0.4) is 0 Å². The van der Waals surface area contributed by atoms with Crippen LogP contribution in [0.2, 0.25) is 0 Å². The Morgan fingerprint density at radius 3 is 2.89 bits per heavy atom. The van der Waals surface area contributed by atoms with Crippen LogP contribution in [0.4, 0.5) is 5.69 Å². The van der Waals surface area contributed by atoms with E-state index in [0.29, 0.717) is 6.61 Å². The number of halogens is 1. The second kappa shape index (κ2) is 8.24. The molecule has 100 valence electrons. The zero-order chi connectivity index (χ0) is 13.4. The first-order valence-corrected chi connectivity index (χ1v) is 6.72. The Bertz CT molecular complexity index is 385. The van der Waals surface area contributed by atoms with Crippen LogP contribution in [-0.4, -0.2) is 32.2 Å². The van der Waals surface area contributed by atoms with E-state index in [1.54, 1.807) is 7.11 Å². The van der Waals surface area contributed by atoms with Gasteiger partial charge in [-0.15, -0.1) is 0 Å². The van der Waals surface area contributed by atoms with Gasteiger partial charge >= 0.3 is 0 Å². The molecule has 0 spiro atoms. The summed E-state index contributed by atoms with van der Waals surface area (Å²) in [7, 11) is 1.66. The third kappa shape index (κ3) is 5.62. The molecule has 2 N–H and O–H groups in total. The van der Waals surface area contributed by atoms with Crippen LogP contribution in [0.15, 0.2) is 28.7 Å². The van der Waals surface area contributed by atoms with Crippen molar-refractivity contribution in [2.24, 2.45) is 0 Å². The van der Waals surface area contributed by atoms with E-state index in [2.05, 4.69) is 33.5 Å². The molecular weight excluding hydrogens is 296 g/mol. The topological polar surface area (TPSA) is 50.4 Å². The van der Waals surface area contributed by atoms with E-state index < -0.39 is 0 Å². The summed E-state index contributed by atoms with van der Waals surface area (Å²) >= 11 is 3.36. The molecule has 1 atom stereocenters. The number of hydrogen-bond acceptors (Lipinski definition) is 3. The summed E-state index contributed by atoms with van der Waals surface area (Å²) in [5.74, 6) is -0.0531. The predicted molar refractivity (Wildman–Crippen MR) is 76.7 cm³/mol. The standard InChI is InChI=1S/C13H19BrN2O2/c1-3-11(9-18-2)15-8-13(17)16-12-6-4-5-10(14)7-12/h4-7,11,15H,3,8-9H2,1-2H3,(H,16,17). The van der Waals surface area contributed by atoms with Crippen LogP contribution in [0.1, 0.15) is 13.3 Å². The molecule has 0 saturated carbocycles. The van der Waals surface area contributed by atoms with Crippen molar-refractivity contribution in [3.05, 3.63) is 28.7 Å². The van der Waals surface area contributed by atoms with Crippen molar-refractivity contribution >= 4 is 27.5 Å². The number of carbonyl (C=O) groups is 1. The predicted octanol–water partition coefficient (Wildman–Crippen LogP) is 2.40. The summed E-state index contributed by atoms with van der Waals surface area (Å²) in [6.07, 6.45) is 0.929. The number of anilines is 1. The molecule has 18 heavy (non-hydrogen) atoms. The lowest BCUT2D eigenvalue weighted by Gasteiger charge is -2.15. The van der Waals surface area contributed by atoms with E-state index in [-0.39, 0.29) is 18.5 Å². The fourth-order valence-electron chi connectivity index (χ4n) is 1.53. The van der Waals surface area contributed by atoms with Crippen molar-refractivity contribution in [2.75, 3.05) is 25.6 Å². The molecule has 0 aromatic heterocycles. The number of hydrogen-bond donors (Lipinski definition) is 2. The lowest BCUT2D eigenvalue weighted by Crippen LogP contribution is -2.38. The smallest absolute Gasteiger partial charge is 0.238 e. The first kappa shape index (κ1) is 15.1. The quantitative estimate of drug-likeness (QED) is 0.812. The van der Waals surface area contributed by atoms with Crippen LogP contribution >= 0.6 is 15.9 Å². The molecule has 0 aliphatic heterocycles. The van der Waals surface area contributed by atoms with Gasteiger partial charge in [-0.05, 0) is 24.6 Å². The van der Waals surface area contributed by atoms with Gasteiger partial charge in [-0.25, -0.2) is 0 Å². The van der Waals surface area contributed by atoms with E-state index in [9.17, 15) is 4.79 Å². The Kier molecular flexibility index (Phi) is 6.93. The lowest BCUT2D eigenvalue weighted by atomic mass is 10.2. The van der Waals surface area contributed by atoms with E-state index in [1.165, 1.54) is 0 Å². The molecule has 0 aliphatic carbocycles. The molecule has 0 radical (unpaired) electrons. The SMILES string of the molecule is CCC(COC)NCC(=O)Nc1cccc(Br)c1. The molecular formula is C13H19BrN2O2. The Morgan fingerprint density at radius 1 is 1.50 bits per heavy atom. The number of methoxy groups -OCH3 is 1. The highest BCUT2D eigenvalue weighted by Gasteiger charge is 2.08. The minimum Gasteiger partial charge on any atom is -0.383 e. The maximum absolute atomic E-state index is 11.7. The van der Waals surface area contributed by atoms with Crippen LogP contribution in [0.25, 0.3) is 0 Å². The van der Waals surface area contributed by atoms with Crippen molar-refractivity contribution in [1.29, 1.82) is 0 Å². The fraction of sp³-hybridized carbons (Fsp3) is 0.462. The van der Waals surface area contributed by atoms with E-state index in [4.69, 9.17) is 4.74 Å². The van der Waals surface area contributed by atoms with Crippen molar-refractivity contribution in [2.45, 2.75) is 19.4 Å². The summed E-state index contributed by atoms with van der Waals surface area (Å²) in [5.41, 5.74) is 0.788. The third-order valence-electron chi connectivity index (χ3n) is 2.52. The molecule has 1 aromatic carbocycles. The number of nitrogens with one attached hydrogen (secondary N) is 2. The highest BCUT2D eigenvalue weighted by molar-refractivity contribution is 9.10. The number of benzene rings is 1. The largest absolute Gasteiger partial charge is 0.383 e. The molecule has 4 nitrogen and oxygen atoms in total. The van der Waals surface area contributed by atoms with Gasteiger partial charge in [0.2, 0.25) is 5.91 Å². The highest BCUT2D eigenvalue weighted by Crippen LogP contribution is 2.15. The maximum Gasteiger partial charge on any atom is 0.238 e. The van der Waals surface area contributed by atoms with Gasteiger partial charge in [-0.2, -0.15) is 0 Å². The van der Waals surface area contributed by atoms with Crippen LogP contribution in [0, 0.1) is 0 Å². The van der Waals surface area contributed by atoms with Crippen LogP contribution in [0.5, 0.6) is 0 Å². The van der Waals surface area contributed by atoms with Gasteiger partial charge < -0.3 is 15.4 Å². The Hall–Kier alpha value is -0.910. The van der Waals surface area contributed by atoms with Crippen molar-refractivity contribution < 1.29 is 9.53 Å². The minimum atomic E-state index is -0.0531. The van der Waals surface area contributed by atoms with E-state index >= 15 is 0 Å². The second-order valence-corrected chi connectivity index (χ2v) is 4.92. The fourth-order valence-corrected chi connectivity index (χ4v) is 1.93. The molecule has 0 bridgehead atoms. The van der Waals surface area contributed by atoms with Gasteiger partial charge in [0.15, 0.2) is 0 Å². The van der Waals surface area contributed by atoms with Gasteiger partial charge in [0, 0.05) is 23.3 Å². The number of rotatable bonds is 7. The Balaban J connectivity index is 2.37. The summed E-state index contributed by atoms with van der Waals surface area (Å²) in [5, 5.41) is 5.99. The zero-order valence-electron chi connectivity index (χ0n) is 10.7. The second-order valence-electron chi connectivity index (χ2n) is 4.00. The van der Waals surface area contributed by atoms with Gasteiger partial charge in [-0.1, -0.05) is 28.9 Å². The van der Waals surface area contributed by atoms with Crippen LogP contribution < -0.4 is 10.6 Å². The van der Waals surface area contributed by atoms with Gasteiger partial charge in [0.1, 0.15) is 0 Å². The average Bonchev–Trinajstić information content (AvgIpc) is 2.34. The van der Waals surface area contributed by atoms with E-state index in [0.717, 1.165) is 16.6 Å². The van der Waals surface area contributed by atoms with Crippen molar-refractivity contribution in [1.82, 2.24) is 5.32 Å². The third-order valence-corrected chi connectivity index (χ3v) is 3.01. The number of amides is 1. The lowest BCUT2D eigenvalue weighted by molar-refractivity contribution is -0.115. The molecule has 0 heterocycles. The minimum absolute atomic E-state index is 0.0531. The zero-order valence-corrected chi connectivity index (χ0v) is 12.3. The molecule has 1 amide bonds. The van der Waals surface area contributed by atoms with E-state index in [1.807, 2.05) is 24.3 Å². The molecule has 1 unspecified atom stereocenters. The van der Waals surface area contributed by atoms with Crippen molar-refractivity contribution in [3.8, 4) is 0 Å². The molecule has 0 aliphatic rings. The van der Waals surface area contributed by atoms with Gasteiger partial charge in [-0.3, -0.25) is 4.79 Å². The van der Waals surface area contributed by atoms with Crippen molar-refractivity contribution in [3.63, 3.8) is 0 Å². The molecule has 1 rings (SSSR count). The van der Waals surface area contributed by atoms with Crippen LogP contribution in [-0.2, 0) is 9.53 Å². The highest BCUT2D eigenvalue weighted by atomic mass is 79.9. The summed E-state index contributed by atoms with van der Waals surface area (Å²) < 4.78 is 6.00. The van der Waals surface area contributed by atoms with Gasteiger partial charge in [0.05, 0.1) is 13.2 Å². The first-order chi connectivity index (χ1) is 8.65. The monoisotopic (exact) mass is 314 g/mol. The molecule has 0 fully saturated rings. The number of ether oxygens (including phenoxy) is 1. The van der Waals surface area contributed by atoms with Gasteiger partial charge in [0.25, 0.3) is 0 Å². The Morgan fingerprint density at radius 2 is 2.28 bits per heavy atom. The summed E-state index contributed by atoms with van der Waals surface area (Å²) in [6, 6.07) is 7.73. The normalized spacial score (nSPS) is 12.2. The summed E-state index contributed by atoms with van der Waals surface area (Å²) in [6.45, 7) is 2.96. The summed E-state index contributed by atoms with van der Waals surface area (Å²) in [4.78, 5) is 11.7. The maximum atomic E-state index is 11.7.